The summed E-state index contributed by atoms with van der Waals surface area (Å²) in [5, 5.41) is 10.7. The lowest BCUT2D eigenvalue weighted by Crippen LogP contribution is -2.00. The van der Waals surface area contributed by atoms with Crippen molar-refractivity contribution in [3.05, 3.63) is 31.9 Å². The second-order valence-corrected chi connectivity index (χ2v) is 3.92. The number of nitro benzene ring substituents is 1. The molecule has 0 radical (unpaired) electrons. The van der Waals surface area contributed by atoms with Gasteiger partial charge in [-0.2, -0.15) is 0 Å². The molecule has 4 nitrogen and oxygen atoms in total. The van der Waals surface area contributed by atoms with Crippen LogP contribution in [0, 0.1) is 26.0 Å². The molecule has 0 aromatic heterocycles. The number of ether oxygens (including phenoxy) is 1. The molecule has 5 heteroatoms. The van der Waals surface area contributed by atoms with Gasteiger partial charge < -0.3 is 4.74 Å². The number of hydrogen-bond acceptors (Lipinski definition) is 3. The summed E-state index contributed by atoms with van der Waals surface area (Å²) in [6.07, 6.45) is 5.48. The fourth-order valence-electron chi connectivity index (χ4n) is 0.975. The maximum Gasteiger partial charge on any atom is 0.311 e. The van der Waals surface area contributed by atoms with Crippen LogP contribution in [-0.2, 0) is 0 Å². The Morgan fingerprint density at radius 2 is 2.33 bits per heavy atom. The molecule has 0 unspecified atom stereocenters. The molecule has 0 aliphatic heterocycles. The predicted molar refractivity (Wildman–Crippen MR) is 64.8 cm³/mol. The van der Waals surface area contributed by atoms with Gasteiger partial charge in [-0.05, 0) is 34.7 Å². The lowest BCUT2D eigenvalue weighted by molar-refractivity contribution is -0.385. The van der Waals surface area contributed by atoms with Gasteiger partial charge >= 0.3 is 5.69 Å². The molecule has 0 heterocycles. The largest absolute Gasteiger partial charge is 0.486 e. The zero-order valence-electron chi connectivity index (χ0n) is 7.77. The van der Waals surface area contributed by atoms with Crippen LogP contribution in [0.3, 0.4) is 0 Å². The van der Waals surface area contributed by atoms with Crippen molar-refractivity contribution in [1.29, 1.82) is 0 Å². The monoisotopic (exact) mass is 317 g/mol. The molecular formula is C10H8INO3. The molecule has 0 saturated heterocycles. The van der Waals surface area contributed by atoms with Crippen molar-refractivity contribution in [2.45, 2.75) is 6.42 Å². The van der Waals surface area contributed by atoms with Crippen LogP contribution in [-0.4, -0.2) is 11.5 Å². The minimum Gasteiger partial charge on any atom is -0.486 e. The van der Waals surface area contributed by atoms with Gasteiger partial charge in [-0.15, -0.1) is 12.3 Å². The molecular weight excluding hydrogens is 309 g/mol. The topological polar surface area (TPSA) is 52.4 Å². The SMILES string of the molecule is C#CCCOc1ccc(I)cc1[N+](=O)[O-]. The lowest BCUT2D eigenvalue weighted by Gasteiger charge is -2.04. The quantitative estimate of drug-likeness (QED) is 0.282. The van der Waals surface area contributed by atoms with Crippen LogP contribution in [0.15, 0.2) is 18.2 Å². The van der Waals surface area contributed by atoms with Gasteiger partial charge in [-0.25, -0.2) is 0 Å². The second kappa shape index (κ2) is 5.56. The van der Waals surface area contributed by atoms with Crippen LogP contribution in [0.1, 0.15) is 6.42 Å². The van der Waals surface area contributed by atoms with E-state index in [1.54, 1.807) is 12.1 Å². The van der Waals surface area contributed by atoms with Crippen molar-refractivity contribution in [2.24, 2.45) is 0 Å². The van der Waals surface area contributed by atoms with Crippen molar-refractivity contribution in [3.63, 3.8) is 0 Å². The van der Waals surface area contributed by atoms with Crippen molar-refractivity contribution >= 4 is 28.3 Å². The van der Waals surface area contributed by atoms with E-state index in [1.807, 2.05) is 22.6 Å². The van der Waals surface area contributed by atoms with E-state index in [0.717, 1.165) is 3.57 Å². The second-order valence-electron chi connectivity index (χ2n) is 2.67. The Morgan fingerprint density at radius 1 is 1.60 bits per heavy atom. The molecule has 0 aliphatic rings. The normalized spacial score (nSPS) is 9.33. The van der Waals surface area contributed by atoms with Crippen LogP contribution in [0.5, 0.6) is 5.75 Å². The van der Waals surface area contributed by atoms with E-state index in [1.165, 1.54) is 6.07 Å². The Morgan fingerprint density at radius 3 is 2.93 bits per heavy atom. The third-order valence-corrected chi connectivity index (χ3v) is 2.29. The van der Waals surface area contributed by atoms with E-state index in [9.17, 15) is 10.1 Å². The van der Waals surface area contributed by atoms with Gasteiger partial charge in [-0.1, -0.05) is 0 Å². The summed E-state index contributed by atoms with van der Waals surface area (Å²) < 4.78 is 6.00. The Labute approximate surface area is 101 Å². The van der Waals surface area contributed by atoms with Gasteiger partial charge in [0, 0.05) is 16.1 Å². The number of nitro groups is 1. The number of rotatable bonds is 4. The first kappa shape index (κ1) is 11.8. The first-order valence-electron chi connectivity index (χ1n) is 4.15. The summed E-state index contributed by atoms with van der Waals surface area (Å²) in [6, 6.07) is 4.79. The fourth-order valence-corrected chi connectivity index (χ4v) is 1.45. The molecule has 0 atom stereocenters. The molecule has 0 bridgehead atoms. The predicted octanol–water partition coefficient (Wildman–Crippen LogP) is 2.60. The third kappa shape index (κ3) is 3.40. The Balaban J connectivity index is 2.87. The molecule has 0 fully saturated rings. The van der Waals surface area contributed by atoms with E-state index in [2.05, 4.69) is 5.92 Å². The van der Waals surface area contributed by atoms with E-state index in [0.29, 0.717) is 6.42 Å². The molecule has 1 rings (SSSR count). The fraction of sp³-hybridized carbons (Fsp3) is 0.200. The van der Waals surface area contributed by atoms with E-state index in [4.69, 9.17) is 11.2 Å². The molecule has 0 aliphatic carbocycles. The molecule has 0 amide bonds. The molecule has 1 aromatic rings. The number of hydrogen-bond donors (Lipinski definition) is 0. The summed E-state index contributed by atoms with van der Waals surface area (Å²) in [7, 11) is 0. The van der Waals surface area contributed by atoms with Crippen LogP contribution < -0.4 is 4.74 Å². The summed E-state index contributed by atoms with van der Waals surface area (Å²) in [5.41, 5.74) is -0.0288. The Hall–Kier alpha value is -1.29. The van der Waals surface area contributed by atoms with E-state index >= 15 is 0 Å². The highest BCUT2D eigenvalue weighted by molar-refractivity contribution is 14.1. The van der Waals surface area contributed by atoms with Gasteiger partial charge in [0.2, 0.25) is 0 Å². The van der Waals surface area contributed by atoms with E-state index in [-0.39, 0.29) is 18.0 Å². The van der Waals surface area contributed by atoms with Crippen molar-refractivity contribution in [3.8, 4) is 18.1 Å². The molecule has 0 spiro atoms. The number of terminal acetylenes is 1. The average molecular weight is 317 g/mol. The smallest absolute Gasteiger partial charge is 0.311 e. The van der Waals surface area contributed by atoms with Crippen LogP contribution in [0.2, 0.25) is 0 Å². The highest BCUT2D eigenvalue weighted by Crippen LogP contribution is 2.28. The lowest BCUT2D eigenvalue weighted by atomic mass is 10.3. The first-order chi connectivity index (χ1) is 7.15. The molecule has 1 aromatic carbocycles. The zero-order valence-corrected chi connectivity index (χ0v) is 9.93. The molecule has 78 valence electrons. The summed E-state index contributed by atoms with van der Waals surface area (Å²) >= 11 is 2.01. The minimum atomic E-state index is -0.465. The summed E-state index contributed by atoms with van der Waals surface area (Å²) in [5.74, 6) is 2.66. The molecule has 15 heavy (non-hydrogen) atoms. The van der Waals surface area contributed by atoms with Crippen LogP contribution >= 0.6 is 22.6 Å². The minimum absolute atomic E-state index is 0.0288. The van der Waals surface area contributed by atoms with Crippen LogP contribution in [0.25, 0.3) is 0 Å². The van der Waals surface area contributed by atoms with Gasteiger partial charge in [0.25, 0.3) is 0 Å². The molecule has 0 N–H and O–H groups in total. The number of benzene rings is 1. The molecule has 0 saturated carbocycles. The highest BCUT2D eigenvalue weighted by Gasteiger charge is 2.14. The Bertz CT molecular complexity index is 412. The van der Waals surface area contributed by atoms with Gasteiger partial charge in [0.15, 0.2) is 5.75 Å². The maximum atomic E-state index is 10.7. The van der Waals surface area contributed by atoms with E-state index < -0.39 is 4.92 Å². The van der Waals surface area contributed by atoms with Crippen molar-refractivity contribution in [2.75, 3.05) is 6.61 Å². The van der Waals surface area contributed by atoms with Crippen molar-refractivity contribution < 1.29 is 9.66 Å². The average Bonchev–Trinajstić information content (AvgIpc) is 2.20. The van der Waals surface area contributed by atoms with Gasteiger partial charge in [0.1, 0.15) is 0 Å². The summed E-state index contributed by atoms with van der Waals surface area (Å²) in [4.78, 5) is 10.2. The van der Waals surface area contributed by atoms with Gasteiger partial charge in [0.05, 0.1) is 11.5 Å². The zero-order chi connectivity index (χ0) is 11.3. The van der Waals surface area contributed by atoms with Crippen LogP contribution in [0.4, 0.5) is 5.69 Å². The summed E-state index contributed by atoms with van der Waals surface area (Å²) in [6.45, 7) is 0.290. The van der Waals surface area contributed by atoms with Crippen molar-refractivity contribution in [1.82, 2.24) is 0 Å². The number of halogens is 1. The third-order valence-electron chi connectivity index (χ3n) is 1.62. The highest BCUT2D eigenvalue weighted by atomic mass is 127. The maximum absolute atomic E-state index is 10.7. The first-order valence-corrected chi connectivity index (χ1v) is 5.23. The van der Waals surface area contributed by atoms with Gasteiger partial charge in [-0.3, -0.25) is 10.1 Å². The number of nitrogens with zero attached hydrogens (tertiary/aromatic N) is 1. The Kier molecular flexibility index (Phi) is 4.37. The standard InChI is InChI=1S/C10H8INO3/c1-2-3-6-15-10-5-4-8(11)7-9(10)12(13)14/h1,4-5,7H,3,6H2.